The third kappa shape index (κ3) is 4.50. The fourth-order valence-electron chi connectivity index (χ4n) is 1.63. The van der Waals surface area contributed by atoms with Gasteiger partial charge in [-0.2, -0.15) is 0 Å². The van der Waals surface area contributed by atoms with Crippen LogP contribution in [0.3, 0.4) is 0 Å². The number of carbonyl (C=O) groups excluding carboxylic acids is 1. The summed E-state index contributed by atoms with van der Waals surface area (Å²) in [6.07, 6.45) is 6.91. The minimum absolute atomic E-state index is 0.229. The van der Waals surface area contributed by atoms with E-state index in [0.717, 1.165) is 0 Å². The van der Waals surface area contributed by atoms with Crippen LogP contribution in [0.25, 0.3) is 0 Å². The quantitative estimate of drug-likeness (QED) is 0.633. The average molecular weight is 292 g/mol. The van der Waals surface area contributed by atoms with E-state index in [1.54, 1.807) is 30.5 Å². The van der Waals surface area contributed by atoms with Crippen molar-refractivity contribution in [1.29, 1.82) is 0 Å². The standard InChI is InChI=1S/C16H20O3S/c1-6-8-14(16(2,3)4)19-15(17)12-9-7-10-13(11-12)20(5)18/h1,7,9-11,14H,8H2,2-5H3/t14-,20+/m0/s1. The predicted octanol–water partition coefficient (Wildman–Crippen LogP) is 3.02. The number of benzene rings is 1. The van der Waals surface area contributed by atoms with E-state index >= 15 is 0 Å². The molecule has 0 amide bonds. The largest absolute Gasteiger partial charge is 0.457 e. The number of ether oxygens (including phenoxy) is 1. The normalized spacial score (nSPS) is 14.2. The molecule has 0 aliphatic carbocycles. The molecule has 0 aliphatic rings. The van der Waals surface area contributed by atoms with Gasteiger partial charge in [-0.15, -0.1) is 12.3 Å². The van der Waals surface area contributed by atoms with E-state index in [1.807, 2.05) is 20.8 Å². The van der Waals surface area contributed by atoms with Crippen LogP contribution in [-0.2, 0) is 15.5 Å². The van der Waals surface area contributed by atoms with E-state index in [1.165, 1.54) is 0 Å². The van der Waals surface area contributed by atoms with Gasteiger partial charge in [0.25, 0.3) is 0 Å². The van der Waals surface area contributed by atoms with Crippen molar-refractivity contribution < 1.29 is 13.7 Å². The molecule has 0 saturated heterocycles. The molecule has 0 aliphatic heterocycles. The topological polar surface area (TPSA) is 43.4 Å². The summed E-state index contributed by atoms with van der Waals surface area (Å²) in [5.74, 6) is 2.10. The highest BCUT2D eigenvalue weighted by Crippen LogP contribution is 2.25. The van der Waals surface area contributed by atoms with Crippen molar-refractivity contribution in [2.24, 2.45) is 5.41 Å². The maximum atomic E-state index is 12.2. The van der Waals surface area contributed by atoms with E-state index in [9.17, 15) is 9.00 Å². The molecule has 1 rings (SSSR count). The fourth-order valence-corrected chi connectivity index (χ4v) is 2.19. The molecule has 0 heterocycles. The molecule has 3 nitrogen and oxygen atoms in total. The molecule has 20 heavy (non-hydrogen) atoms. The fraction of sp³-hybridized carbons (Fsp3) is 0.438. The first-order chi connectivity index (χ1) is 9.25. The van der Waals surface area contributed by atoms with Gasteiger partial charge in [0, 0.05) is 28.4 Å². The van der Waals surface area contributed by atoms with Crippen LogP contribution in [0, 0.1) is 17.8 Å². The Balaban J connectivity index is 2.92. The lowest BCUT2D eigenvalue weighted by atomic mass is 9.87. The zero-order valence-corrected chi connectivity index (χ0v) is 13.1. The number of hydrogen-bond acceptors (Lipinski definition) is 3. The SMILES string of the molecule is C#CC[C@H](OC(=O)c1cccc([S@@](C)=O)c1)C(C)(C)C. The van der Waals surface area contributed by atoms with Gasteiger partial charge in [0.1, 0.15) is 6.10 Å². The third-order valence-corrected chi connectivity index (χ3v) is 3.84. The molecule has 1 aromatic rings. The van der Waals surface area contributed by atoms with Crippen LogP contribution in [0.15, 0.2) is 29.2 Å². The molecule has 4 heteroatoms. The molecule has 0 unspecified atom stereocenters. The van der Waals surface area contributed by atoms with Gasteiger partial charge in [-0.3, -0.25) is 4.21 Å². The van der Waals surface area contributed by atoms with Crippen LogP contribution >= 0.6 is 0 Å². The Kier molecular flexibility index (Phi) is 5.52. The molecule has 2 atom stereocenters. The van der Waals surface area contributed by atoms with E-state index in [-0.39, 0.29) is 11.5 Å². The summed E-state index contributed by atoms with van der Waals surface area (Å²) in [5, 5.41) is 0. The van der Waals surface area contributed by atoms with Gasteiger partial charge in [-0.25, -0.2) is 4.79 Å². The van der Waals surface area contributed by atoms with Crippen molar-refractivity contribution in [2.75, 3.05) is 6.26 Å². The van der Waals surface area contributed by atoms with Crippen LogP contribution in [0.1, 0.15) is 37.6 Å². The minimum Gasteiger partial charge on any atom is -0.457 e. The number of terminal acetylenes is 1. The van der Waals surface area contributed by atoms with Crippen molar-refractivity contribution in [3.63, 3.8) is 0 Å². The second kappa shape index (κ2) is 6.71. The molecule has 0 N–H and O–H groups in total. The lowest BCUT2D eigenvalue weighted by Crippen LogP contribution is -2.31. The molecule has 0 radical (unpaired) electrons. The summed E-state index contributed by atoms with van der Waals surface area (Å²) in [5.41, 5.74) is 0.164. The summed E-state index contributed by atoms with van der Waals surface area (Å²) < 4.78 is 16.9. The lowest BCUT2D eigenvalue weighted by Gasteiger charge is -2.28. The number of hydrogen-bond donors (Lipinski definition) is 0. The van der Waals surface area contributed by atoms with Gasteiger partial charge in [0.2, 0.25) is 0 Å². The lowest BCUT2D eigenvalue weighted by molar-refractivity contribution is -0.000566. The second-order valence-electron chi connectivity index (χ2n) is 5.65. The van der Waals surface area contributed by atoms with Crippen molar-refractivity contribution in [3.05, 3.63) is 29.8 Å². The Morgan fingerprint density at radius 1 is 1.45 bits per heavy atom. The zero-order chi connectivity index (χ0) is 15.3. The predicted molar refractivity (Wildman–Crippen MR) is 80.9 cm³/mol. The highest BCUT2D eigenvalue weighted by atomic mass is 32.2. The monoisotopic (exact) mass is 292 g/mol. The highest BCUT2D eigenvalue weighted by molar-refractivity contribution is 7.84. The molecule has 108 valence electrons. The Morgan fingerprint density at radius 2 is 2.10 bits per heavy atom. The van der Waals surface area contributed by atoms with Gasteiger partial charge < -0.3 is 4.74 Å². The van der Waals surface area contributed by atoms with E-state index in [4.69, 9.17) is 11.2 Å². The molecule has 1 aromatic carbocycles. The van der Waals surface area contributed by atoms with Gasteiger partial charge in [0.05, 0.1) is 5.56 Å². The van der Waals surface area contributed by atoms with Crippen molar-refractivity contribution in [1.82, 2.24) is 0 Å². The summed E-state index contributed by atoms with van der Waals surface area (Å²) >= 11 is 0. The van der Waals surface area contributed by atoms with Crippen molar-refractivity contribution >= 4 is 16.8 Å². The van der Waals surface area contributed by atoms with Gasteiger partial charge in [-0.05, 0) is 23.6 Å². The zero-order valence-electron chi connectivity index (χ0n) is 12.3. The first-order valence-electron chi connectivity index (χ1n) is 6.33. The van der Waals surface area contributed by atoms with Crippen LogP contribution in [-0.4, -0.2) is 22.5 Å². The van der Waals surface area contributed by atoms with E-state index < -0.39 is 16.8 Å². The molecule has 0 aromatic heterocycles. The summed E-state index contributed by atoms with van der Waals surface area (Å²) in [7, 11) is -1.13. The molecule has 0 fully saturated rings. The second-order valence-corrected chi connectivity index (χ2v) is 7.03. The van der Waals surface area contributed by atoms with Crippen molar-refractivity contribution in [2.45, 2.75) is 38.2 Å². The van der Waals surface area contributed by atoms with E-state index in [0.29, 0.717) is 16.9 Å². The number of rotatable bonds is 4. The molecular formula is C16H20O3S. The van der Waals surface area contributed by atoms with Gasteiger partial charge in [-0.1, -0.05) is 26.8 Å². The summed E-state index contributed by atoms with van der Waals surface area (Å²) in [4.78, 5) is 12.8. The van der Waals surface area contributed by atoms with Crippen LogP contribution in [0.4, 0.5) is 0 Å². The Morgan fingerprint density at radius 3 is 2.60 bits per heavy atom. The molecule has 0 bridgehead atoms. The van der Waals surface area contributed by atoms with Gasteiger partial charge in [0.15, 0.2) is 0 Å². The van der Waals surface area contributed by atoms with E-state index in [2.05, 4.69) is 5.92 Å². The molecule has 0 saturated carbocycles. The number of carbonyl (C=O) groups is 1. The van der Waals surface area contributed by atoms with Crippen LogP contribution < -0.4 is 0 Å². The first kappa shape index (κ1) is 16.5. The van der Waals surface area contributed by atoms with Crippen LogP contribution in [0.5, 0.6) is 0 Å². The molecular weight excluding hydrogens is 272 g/mol. The first-order valence-corrected chi connectivity index (χ1v) is 7.89. The minimum atomic E-state index is -1.13. The van der Waals surface area contributed by atoms with Gasteiger partial charge >= 0.3 is 5.97 Å². The van der Waals surface area contributed by atoms with Crippen molar-refractivity contribution in [3.8, 4) is 12.3 Å². The maximum absolute atomic E-state index is 12.2. The summed E-state index contributed by atoms with van der Waals surface area (Å²) in [6.45, 7) is 5.92. The Bertz CT molecular complexity index is 550. The summed E-state index contributed by atoms with van der Waals surface area (Å²) in [6, 6.07) is 6.65. The highest BCUT2D eigenvalue weighted by Gasteiger charge is 2.28. The molecule has 0 spiro atoms. The maximum Gasteiger partial charge on any atom is 0.338 e. The number of esters is 1. The van der Waals surface area contributed by atoms with Crippen LogP contribution in [0.2, 0.25) is 0 Å². The average Bonchev–Trinajstić information content (AvgIpc) is 2.37. The third-order valence-electron chi connectivity index (χ3n) is 2.92. The Hall–Kier alpha value is -1.60. The Labute approximate surface area is 123 Å². The smallest absolute Gasteiger partial charge is 0.338 e.